The van der Waals surface area contributed by atoms with Gasteiger partial charge in [-0.3, -0.25) is 10.1 Å². The van der Waals surface area contributed by atoms with Crippen LogP contribution in [0.4, 0.5) is 21.5 Å². The van der Waals surface area contributed by atoms with Crippen LogP contribution in [0.3, 0.4) is 0 Å². The fourth-order valence-corrected chi connectivity index (χ4v) is 1.75. The van der Waals surface area contributed by atoms with Gasteiger partial charge in [0.15, 0.2) is 5.82 Å². The van der Waals surface area contributed by atoms with Crippen molar-refractivity contribution in [3.63, 3.8) is 0 Å². The molecule has 0 amide bonds. The zero-order chi connectivity index (χ0) is 13.0. The van der Waals surface area contributed by atoms with Gasteiger partial charge in [-0.2, -0.15) is 0 Å². The molecule has 0 saturated carbocycles. The molecule has 0 aliphatic heterocycles. The Morgan fingerprint density at radius 3 is 2.88 bits per heavy atom. The average molecular weight is 308 g/mol. The smallest absolute Gasteiger partial charge is 0.296 e. The normalized spacial score (nSPS) is 10.3. The van der Waals surface area contributed by atoms with E-state index < -0.39 is 16.4 Å². The maximum atomic E-state index is 13.6. The minimum atomic E-state index is -0.742. The van der Waals surface area contributed by atoms with E-state index in [0.29, 0.717) is 13.2 Å². The Morgan fingerprint density at radius 1 is 1.71 bits per heavy atom. The summed E-state index contributed by atoms with van der Waals surface area (Å²) in [5, 5.41) is 13.3. The molecule has 1 aromatic rings. The molecule has 0 aliphatic rings. The summed E-state index contributed by atoms with van der Waals surface area (Å²) >= 11 is 3.03. The summed E-state index contributed by atoms with van der Waals surface area (Å²) in [6, 6.07) is 0.787. The molecule has 0 atom stereocenters. The van der Waals surface area contributed by atoms with Crippen LogP contribution in [0, 0.1) is 15.9 Å². The lowest BCUT2D eigenvalue weighted by atomic mass is 10.2. The molecule has 8 heteroatoms. The summed E-state index contributed by atoms with van der Waals surface area (Å²) < 4.78 is 18.5. The number of methoxy groups -OCH3 is 1. The largest absolute Gasteiger partial charge is 0.392 e. The fraction of sp³-hybridized carbons (Fsp3) is 0.333. The Balaban J connectivity index is 3.08. The monoisotopic (exact) mass is 307 g/mol. The molecule has 0 bridgehead atoms. The molecule has 0 radical (unpaired) electrons. The van der Waals surface area contributed by atoms with Gasteiger partial charge < -0.3 is 15.8 Å². The van der Waals surface area contributed by atoms with Crippen LogP contribution in [0.1, 0.15) is 0 Å². The third-order valence-corrected chi connectivity index (χ3v) is 2.86. The number of hydrogen-bond donors (Lipinski definition) is 2. The number of ether oxygens (including phenoxy) is 1. The summed E-state index contributed by atoms with van der Waals surface area (Å²) in [5.74, 6) is -0.742. The summed E-state index contributed by atoms with van der Waals surface area (Å²) in [5.41, 5.74) is 5.04. The van der Waals surface area contributed by atoms with Crippen LogP contribution in [0.25, 0.3) is 0 Å². The van der Waals surface area contributed by atoms with Crippen molar-refractivity contribution in [1.82, 2.24) is 0 Å². The number of nitro groups is 1. The van der Waals surface area contributed by atoms with E-state index in [4.69, 9.17) is 10.5 Å². The SMILES string of the molecule is COCCNc1c(F)cc([N+](=O)[O-])c(N)c1Br. The Kier molecular flexibility index (Phi) is 4.64. The first-order chi connectivity index (χ1) is 7.99. The second kappa shape index (κ2) is 5.78. The number of nitrogens with two attached hydrogens (primary N) is 1. The standard InChI is InChI=1S/C9H11BrFN3O3/c1-17-3-2-13-9-5(11)4-6(14(15)16)8(12)7(9)10/h4,13H,2-3,12H2,1H3. The van der Waals surface area contributed by atoms with Gasteiger partial charge in [0.05, 0.1) is 27.8 Å². The predicted molar refractivity (Wildman–Crippen MR) is 65.5 cm³/mol. The number of halogens is 2. The topological polar surface area (TPSA) is 90.4 Å². The molecular weight excluding hydrogens is 297 g/mol. The first kappa shape index (κ1) is 13.7. The van der Waals surface area contributed by atoms with Gasteiger partial charge in [0.1, 0.15) is 5.69 Å². The van der Waals surface area contributed by atoms with Gasteiger partial charge in [0.2, 0.25) is 0 Å². The molecule has 1 rings (SSSR count). The van der Waals surface area contributed by atoms with Crippen molar-refractivity contribution in [3.8, 4) is 0 Å². The summed E-state index contributed by atoms with van der Waals surface area (Å²) in [6.45, 7) is 0.742. The number of benzene rings is 1. The maximum Gasteiger partial charge on any atom is 0.296 e. The fourth-order valence-electron chi connectivity index (χ4n) is 1.21. The highest BCUT2D eigenvalue weighted by molar-refractivity contribution is 9.10. The highest BCUT2D eigenvalue weighted by Gasteiger charge is 2.21. The van der Waals surface area contributed by atoms with Gasteiger partial charge in [-0.05, 0) is 15.9 Å². The molecule has 0 fully saturated rings. The van der Waals surface area contributed by atoms with E-state index in [9.17, 15) is 14.5 Å². The molecule has 6 nitrogen and oxygen atoms in total. The third-order valence-electron chi connectivity index (χ3n) is 2.04. The van der Waals surface area contributed by atoms with E-state index in [1.807, 2.05) is 0 Å². The lowest BCUT2D eigenvalue weighted by molar-refractivity contribution is -0.384. The Morgan fingerprint density at radius 2 is 2.35 bits per heavy atom. The van der Waals surface area contributed by atoms with Crippen molar-refractivity contribution >= 4 is 33.0 Å². The van der Waals surface area contributed by atoms with E-state index in [2.05, 4.69) is 21.2 Å². The van der Waals surface area contributed by atoms with Crippen molar-refractivity contribution in [3.05, 3.63) is 26.5 Å². The molecule has 0 unspecified atom stereocenters. The zero-order valence-electron chi connectivity index (χ0n) is 9.00. The minimum absolute atomic E-state index is 0.0881. The van der Waals surface area contributed by atoms with Crippen LogP contribution in [0.5, 0.6) is 0 Å². The molecule has 94 valence electrons. The number of anilines is 2. The Bertz CT molecular complexity index is 442. The molecule has 1 aromatic carbocycles. The van der Waals surface area contributed by atoms with Crippen molar-refractivity contribution in [2.75, 3.05) is 31.3 Å². The first-order valence-electron chi connectivity index (χ1n) is 4.63. The lowest BCUT2D eigenvalue weighted by Crippen LogP contribution is -2.11. The second-order valence-electron chi connectivity index (χ2n) is 3.16. The lowest BCUT2D eigenvalue weighted by Gasteiger charge is -2.11. The van der Waals surface area contributed by atoms with E-state index in [1.54, 1.807) is 0 Å². The number of rotatable bonds is 5. The molecular formula is C9H11BrFN3O3. The van der Waals surface area contributed by atoms with Gasteiger partial charge in [-0.15, -0.1) is 0 Å². The van der Waals surface area contributed by atoms with Gasteiger partial charge >= 0.3 is 0 Å². The number of nitrogens with zero attached hydrogens (tertiary/aromatic N) is 1. The molecule has 0 aromatic heterocycles. The summed E-state index contributed by atoms with van der Waals surface area (Å²) in [6.07, 6.45) is 0. The zero-order valence-corrected chi connectivity index (χ0v) is 10.6. The summed E-state index contributed by atoms with van der Waals surface area (Å²) in [4.78, 5) is 9.86. The maximum absolute atomic E-state index is 13.6. The van der Waals surface area contributed by atoms with Crippen molar-refractivity contribution in [1.29, 1.82) is 0 Å². The van der Waals surface area contributed by atoms with Crippen LogP contribution in [-0.4, -0.2) is 25.2 Å². The van der Waals surface area contributed by atoms with Crippen molar-refractivity contribution in [2.45, 2.75) is 0 Å². The predicted octanol–water partition coefficient (Wildman–Crippen LogP) is 2.14. The number of nitrogens with one attached hydrogen (secondary N) is 1. The molecule has 0 saturated heterocycles. The number of hydrogen-bond acceptors (Lipinski definition) is 5. The van der Waals surface area contributed by atoms with E-state index in [1.165, 1.54) is 7.11 Å². The average Bonchev–Trinajstić information content (AvgIpc) is 2.28. The van der Waals surface area contributed by atoms with E-state index in [-0.39, 0.29) is 15.8 Å². The minimum Gasteiger partial charge on any atom is -0.392 e. The van der Waals surface area contributed by atoms with Crippen molar-refractivity contribution in [2.24, 2.45) is 0 Å². The number of nitro benzene ring substituents is 1. The van der Waals surface area contributed by atoms with Crippen LogP contribution in [0.2, 0.25) is 0 Å². The molecule has 0 spiro atoms. The van der Waals surface area contributed by atoms with Crippen LogP contribution in [0.15, 0.2) is 10.5 Å². The second-order valence-corrected chi connectivity index (χ2v) is 3.95. The van der Waals surface area contributed by atoms with Crippen LogP contribution in [-0.2, 0) is 4.74 Å². The summed E-state index contributed by atoms with van der Waals surface area (Å²) in [7, 11) is 1.51. The highest BCUT2D eigenvalue weighted by Crippen LogP contribution is 2.37. The highest BCUT2D eigenvalue weighted by atomic mass is 79.9. The molecule has 0 heterocycles. The quantitative estimate of drug-likeness (QED) is 0.376. The molecule has 3 N–H and O–H groups in total. The van der Waals surface area contributed by atoms with Gasteiger partial charge in [0.25, 0.3) is 5.69 Å². The Labute approximate surface area is 105 Å². The van der Waals surface area contributed by atoms with Gasteiger partial charge in [-0.25, -0.2) is 4.39 Å². The van der Waals surface area contributed by atoms with Crippen LogP contribution < -0.4 is 11.1 Å². The Hall–Kier alpha value is -1.41. The molecule has 0 aliphatic carbocycles. The van der Waals surface area contributed by atoms with Crippen LogP contribution >= 0.6 is 15.9 Å². The molecule has 17 heavy (non-hydrogen) atoms. The van der Waals surface area contributed by atoms with Crippen molar-refractivity contribution < 1.29 is 14.1 Å². The number of nitrogen functional groups attached to an aromatic ring is 1. The van der Waals surface area contributed by atoms with E-state index >= 15 is 0 Å². The van der Waals surface area contributed by atoms with Gasteiger partial charge in [-0.1, -0.05) is 0 Å². The van der Waals surface area contributed by atoms with E-state index in [0.717, 1.165) is 6.07 Å². The first-order valence-corrected chi connectivity index (χ1v) is 5.43. The third kappa shape index (κ3) is 3.04. The van der Waals surface area contributed by atoms with Gasteiger partial charge in [0, 0.05) is 13.7 Å².